The zero-order chi connectivity index (χ0) is 23.4. The minimum Gasteiger partial charge on any atom is -0.489 e. The first kappa shape index (κ1) is 23.3. The topological polar surface area (TPSA) is 93.7 Å². The summed E-state index contributed by atoms with van der Waals surface area (Å²) in [5, 5.41) is 3.33. The van der Waals surface area contributed by atoms with Crippen molar-refractivity contribution in [1.29, 1.82) is 0 Å². The Balaban J connectivity index is 1.31. The van der Waals surface area contributed by atoms with Crippen LogP contribution in [-0.2, 0) is 9.59 Å². The van der Waals surface area contributed by atoms with Gasteiger partial charge in [0.15, 0.2) is 11.6 Å². The van der Waals surface area contributed by atoms with Crippen molar-refractivity contribution >= 4 is 29.1 Å². The lowest BCUT2D eigenvalue weighted by atomic mass is 10.0. The molecule has 9 heteroatoms. The molecular weight excluding hydrogens is 444 g/mol. The van der Waals surface area contributed by atoms with Crippen LogP contribution in [0.15, 0.2) is 30.6 Å². The molecule has 1 aliphatic heterocycles. The van der Waals surface area contributed by atoms with Crippen LogP contribution in [0.1, 0.15) is 44.6 Å². The fourth-order valence-electron chi connectivity index (χ4n) is 3.75. The highest BCUT2D eigenvalue weighted by molar-refractivity contribution is 6.34. The van der Waals surface area contributed by atoms with Gasteiger partial charge in [-0.3, -0.25) is 9.59 Å². The first-order valence-corrected chi connectivity index (χ1v) is 11.7. The van der Waals surface area contributed by atoms with Crippen molar-refractivity contribution in [2.45, 2.75) is 45.1 Å². The van der Waals surface area contributed by atoms with Gasteiger partial charge in [-0.15, -0.1) is 0 Å². The summed E-state index contributed by atoms with van der Waals surface area (Å²) >= 11 is 6.42. The second-order valence-corrected chi connectivity index (χ2v) is 9.14. The van der Waals surface area contributed by atoms with Crippen molar-refractivity contribution in [2.75, 3.05) is 31.1 Å². The fraction of sp³-hybridized carbons (Fsp3) is 0.500. The van der Waals surface area contributed by atoms with Gasteiger partial charge in [0.25, 0.3) is 0 Å². The van der Waals surface area contributed by atoms with Crippen LogP contribution in [0.5, 0.6) is 11.6 Å². The second-order valence-electron chi connectivity index (χ2n) is 8.76. The van der Waals surface area contributed by atoms with E-state index in [2.05, 4.69) is 15.3 Å². The number of benzene rings is 1. The van der Waals surface area contributed by atoms with Crippen LogP contribution in [0.2, 0.25) is 5.02 Å². The van der Waals surface area contributed by atoms with E-state index < -0.39 is 0 Å². The standard InChI is InChI=1S/C24H29ClN4O4/c1-15(30)13-32-24-21(25)22(27-14-28-24)29-10-9-20(12-29)33-19-7-5-18(6-8-19)16(2)23(31)26-11-17-3-4-17/h5-8,14,16-17,20H,3-4,9-13H2,1-2H3,(H,26,31). The number of nitrogens with zero attached hydrogens (tertiary/aromatic N) is 3. The number of aromatic nitrogens is 2. The second kappa shape index (κ2) is 10.4. The van der Waals surface area contributed by atoms with Crippen LogP contribution in [0.3, 0.4) is 0 Å². The third-order valence-corrected chi connectivity index (χ3v) is 6.26. The van der Waals surface area contributed by atoms with Crippen LogP contribution < -0.4 is 19.7 Å². The van der Waals surface area contributed by atoms with Crippen molar-refractivity contribution < 1.29 is 19.1 Å². The summed E-state index contributed by atoms with van der Waals surface area (Å²) in [5.74, 6) is 1.95. The molecule has 8 nitrogen and oxygen atoms in total. The van der Waals surface area contributed by atoms with E-state index in [9.17, 15) is 9.59 Å². The SMILES string of the molecule is CC(=O)COc1ncnc(N2CCC(Oc3ccc(C(C)C(=O)NCC4CC4)cc3)C2)c1Cl. The molecule has 1 N–H and O–H groups in total. The third kappa shape index (κ3) is 6.13. The molecule has 2 unspecified atom stereocenters. The predicted molar refractivity (Wildman–Crippen MR) is 125 cm³/mol. The normalized spacial score (nSPS) is 18.6. The van der Waals surface area contributed by atoms with Crippen LogP contribution in [-0.4, -0.2) is 54.0 Å². The molecule has 33 heavy (non-hydrogen) atoms. The van der Waals surface area contributed by atoms with Gasteiger partial charge in [-0.05, 0) is 50.3 Å². The summed E-state index contributed by atoms with van der Waals surface area (Å²) in [6.07, 6.45) is 4.61. The molecule has 2 heterocycles. The Labute approximate surface area is 198 Å². The monoisotopic (exact) mass is 472 g/mol. The van der Waals surface area contributed by atoms with E-state index in [1.54, 1.807) is 0 Å². The van der Waals surface area contributed by atoms with Gasteiger partial charge in [-0.1, -0.05) is 23.7 Å². The maximum atomic E-state index is 12.3. The Morgan fingerprint density at radius 2 is 1.97 bits per heavy atom. The first-order chi connectivity index (χ1) is 15.9. The molecule has 2 aliphatic rings. The number of anilines is 1. The highest BCUT2D eigenvalue weighted by Gasteiger charge is 2.28. The van der Waals surface area contributed by atoms with Gasteiger partial charge in [0.05, 0.1) is 12.5 Å². The number of halogens is 1. The number of rotatable bonds is 10. The smallest absolute Gasteiger partial charge is 0.238 e. The summed E-state index contributed by atoms with van der Waals surface area (Å²) in [7, 11) is 0. The number of ether oxygens (including phenoxy) is 2. The molecule has 4 rings (SSSR count). The quantitative estimate of drug-likeness (QED) is 0.566. The lowest BCUT2D eigenvalue weighted by Crippen LogP contribution is -2.29. The summed E-state index contributed by atoms with van der Waals surface area (Å²) in [5.41, 5.74) is 0.967. The fourth-order valence-corrected chi connectivity index (χ4v) is 4.02. The van der Waals surface area contributed by atoms with Gasteiger partial charge < -0.3 is 19.7 Å². The molecular formula is C24H29ClN4O4. The molecule has 1 saturated carbocycles. The zero-order valence-electron chi connectivity index (χ0n) is 18.9. The highest BCUT2D eigenvalue weighted by atomic mass is 35.5. The Hall–Kier alpha value is -2.87. The summed E-state index contributed by atoms with van der Waals surface area (Å²) in [4.78, 5) is 33.9. The molecule has 0 bridgehead atoms. The predicted octanol–water partition coefficient (Wildman–Crippen LogP) is 3.39. The van der Waals surface area contributed by atoms with Gasteiger partial charge in [-0.25, -0.2) is 9.97 Å². The molecule has 176 valence electrons. The number of carbonyl (C=O) groups is 2. The van der Waals surface area contributed by atoms with E-state index in [4.69, 9.17) is 21.1 Å². The number of hydrogen-bond donors (Lipinski definition) is 1. The number of carbonyl (C=O) groups excluding carboxylic acids is 2. The lowest BCUT2D eigenvalue weighted by molar-refractivity contribution is -0.122. The van der Waals surface area contributed by atoms with E-state index in [1.807, 2.05) is 36.1 Å². The minimum absolute atomic E-state index is 0.0252. The van der Waals surface area contributed by atoms with Gasteiger partial charge >= 0.3 is 0 Å². The van der Waals surface area contributed by atoms with Gasteiger partial charge in [-0.2, -0.15) is 0 Å². The molecule has 2 aromatic rings. The summed E-state index contributed by atoms with van der Waals surface area (Å²) < 4.78 is 11.5. The number of nitrogens with one attached hydrogen (secondary N) is 1. The number of hydrogen-bond acceptors (Lipinski definition) is 7. The molecule has 1 aromatic heterocycles. The summed E-state index contributed by atoms with van der Waals surface area (Å²) in [6.45, 7) is 5.40. The van der Waals surface area contributed by atoms with E-state index in [-0.39, 0.29) is 41.2 Å². The van der Waals surface area contributed by atoms with Gasteiger partial charge in [0.2, 0.25) is 11.8 Å². The minimum atomic E-state index is -0.195. The number of amides is 1. The highest BCUT2D eigenvalue weighted by Crippen LogP contribution is 2.33. The third-order valence-electron chi connectivity index (χ3n) is 5.93. The number of Topliss-reactive ketones (excluding diaryl/α,β-unsaturated/α-hetero) is 1. The van der Waals surface area contributed by atoms with Crippen molar-refractivity contribution in [3.8, 4) is 11.6 Å². The Morgan fingerprint density at radius 3 is 2.67 bits per heavy atom. The van der Waals surface area contributed by atoms with Crippen LogP contribution >= 0.6 is 11.6 Å². The molecule has 0 radical (unpaired) electrons. The van der Waals surface area contributed by atoms with Crippen molar-refractivity contribution in [3.63, 3.8) is 0 Å². The van der Waals surface area contributed by atoms with Crippen molar-refractivity contribution in [3.05, 3.63) is 41.2 Å². The van der Waals surface area contributed by atoms with E-state index >= 15 is 0 Å². The zero-order valence-corrected chi connectivity index (χ0v) is 19.7. The van der Waals surface area contributed by atoms with Crippen LogP contribution in [0, 0.1) is 5.92 Å². The van der Waals surface area contributed by atoms with E-state index in [1.165, 1.54) is 26.1 Å². The largest absolute Gasteiger partial charge is 0.489 e. The van der Waals surface area contributed by atoms with Gasteiger partial charge in [0, 0.05) is 19.5 Å². The molecule has 1 aliphatic carbocycles. The van der Waals surface area contributed by atoms with Gasteiger partial charge in [0.1, 0.15) is 29.8 Å². The van der Waals surface area contributed by atoms with Crippen molar-refractivity contribution in [1.82, 2.24) is 15.3 Å². The maximum Gasteiger partial charge on any atom is 0.238 e. The average Bonchev–Trinajstić information content (AvgIpc) is 3.53. The summed E-state index contributed by atoms with van der Waals surface area (Å²) in [6, 6.07) is 7.72. The average molecular weight is 473 g/mol. The van der Waals surface area contributed by atoms with Crippen LogP contribution in [0.4, 0.5) is 5.82 Å². The first-order valence-electron chi connectivity index (χ1n) is 11.3. The number of ketones is 1. The molecule has 1 saturated heterocycles. The molecule has 1 amide bonds. The van der Waals surface area contributed by atoms with E-state index in [0.717, 1.165) is 30.8 Å². The van der Waals surface area contributed by atoms with Crippen LogP contribution in [0.25, 0.3) is 0 Å². The molecule has 2 atom stereocenters. The maximum absolute atomic E-state index is 12.3. The Kier molecular flexibility index (Phi) is 7.33. The molecule has 0 spiro atoms. The van der Waals surface area contributed by atoms with E-state index in [0.29, 0.717) is 18.3 Å². The molecule has 2 fully saturated rings. The Bertz CT molecular complexity index is 996. The molecule has 1 aromatic carbocycles. The lowest BCUT2D eigenvalue weighted by Gasteiger charge is -2.20. The Morgan fingerprint density at radius 1 is 1.21 bits per heavy atom. The van der Waals surface area contributed by atoms with Crippen molar-refractivity contribution in [2.24, 2.45) is 5.92 Å².